The minimum atomic E-state index is -0.708. The van der Waals surface area contributed by atoms with Gasteiger partial charge in [0.05, 0.1) is 0 Å². The highest BCUT2D eigenvalue weighted by molar-refractivity contribution is 5.95. The fourth-order valence-electron chi connectivity index (χ4n) is 5.11. The maximum absolute atomic E-state index is 12.9. The summed E-state index contributed by atoms with van der Waals surface area (Å²) in [5, 5.41) is 10.4. The molecule has 2 aliphatic rings. The predicted molar refractivity (Wildman–Crippen MR) is 116 cm³/mol. The zero-order valence-corrected chi connectivity index (χ0v) is 18.1. The molecular weight excluding hydrogens is 378 g/mol. The van der Waals surface area contributed by atoms with Crippen molar-refractivity contribution in [2.75, 3.05) is 7.05 Å². The Labute approximate surface area is 177 Å². The van der Waals surface area contributed by atoms with E-state index in [4.69, 9.17) is 0 Å². The number of hydrogen-bond donors (Lipinski definition) is 1. The van der Waals surface area contributed by atoms with Crippen molar-refractivity contribution in [2.45, 2.75) is 76.8 Å². The number of carbonyl (C=O) groups is 1. The molecule has 0 radical (unpaired) electrons. The molecule has 2 heterocycles. The summed E-state index contributed by atoms with van der Waals surface area (Å²) in [5.41, 5.74) is 1.88. The summed E-state index contributed by atoms with van der Waals surface area (Å²) in [6.45, 7) is 4.66. The summed E-state index contributed by atoms with van der Waals surface area (Å²) in [4.78, 5) is 31.2. The molecule has 4 rings (SSSR count). The number of aromatic hydroxyl groups is 1. The smallest absolute Gasteiger partial charge is 0.315 e. The fourth-order valence-corrected chi connectivity index (χ4v) is 5.11. The third-order valence-corrected chi connectivity index (χ3v) is 7.12. The van der Waals surface area contributed by atoms with Gasteiger partial charge in [0.2, 0.25) is 5.75 Å². The monoisotopic (exact) mass is 409 g/mol. The highest BCUT2D eigenvalue weighted by Gasteiger charge is 2.38. The lowest BCUT2D eigenvalue weighted by Crippen LogP contribution is -2.47. The minimum absolute atomic E-state index is 0.0295. The fraction of sp³-hybridized carbons (Fsp3) is 0.542. The summed E-state index contributed by atoms with van der Waals surface area (Å²) in [6.07, 6.45) is 7.16. The van der Waals surface area contributed by atoms with Gasteiger partial charge in [-0.1, -0.05) is 50.5 Å². The molecule has 1 atom stereocenters. The molecule has 30 heavy (non-hydrogen) atoms. The van der Waals surface area contributed by atoms with Gasteiger partial charge in [-0.3, -0.25) is 9.59 Å². The van der Waals surface area contributed by atoms with Crippen LogP contribution < -0.4 is 5.56 Å². The molecule has 160 valence electrons. The number of carbonyl (C=O) groups excluding carboxylic acids is 1. The molecule has 1 aliphatic carbocycles. The summed E-state index contributed by atoms with van der Waals surface area (Å²) in [5.74, 6) is -0.240. The van der Waals surface area contributed by atoms with Crippen LogP contribution in [0.25, 0.3) is 0 Å². The first-order valence-electron chi connectivity index (χ1n) is 11.1. The van der Waals surface area contributed by atoms with Crippen molar-refractivity contribution in [2.24, 2.45) is 0 Å². The van der Waals surface area contributed by atoms with E-state index in [9.17, 15) is 14.7 Å². The Morgan fingerprint density at radius 2 is 1.93 bits per heavy atom. The van der Waals surface area contributed by atoms with Crippen LogP contribution in [0.2, 0.25) is 0 Å². The topological polar surface area (TPSA) is 75.4 Å². The van der Waals surface area contributed by atoms with E-state index in [-0.39, 0.29) is 23.1 Å². The zero-order valence-electron chi connectivity index (χ0n) is 18.1. The van der Waals surface area contributed by atoms with Crippen LogP contribution in [0.4, 0.5) is 0 Å². The molecule has 6 nitrogen and oxygen atoms in total. The van der Waals surface area contributed by atoms with Gasteiger partial charge in [0.15, 0.2) is 5.69 Å². The van der Waals surface area contributed by atoms with Gasteiger partial charge >= 0.3 is 5.56 Å². The Balaban J connectivity index is 1.84. The van der Waals surface area contributed by atoms with Crippen LogP contribution in [0.5, 0.6) is 5.75 Å². The Morgan fingerprint density at radius 3 is 2.63 bits per heavy atom. The zero-order chi connectivity index (χ0) is 21.5. The third-order valence-electron chi connectivity index (χ3n) is 7.12. The van der Waals surface area contributed by atoms with Crippen LogP contribution in [0.3, 0.4) is 0 Å². The van der Waals surface area contributed by atoms with Crippen molar-refractivity contribution in [1.29, 1.82) is 0 Å². The van der Waals surface area contributed by atoms with Gasteiger partial charge in [-0.05, 0) is 37.3 Å². The molecule has 0 unspecified atom stereocenters. The summed E-state index contributed by atoms with van der Waals surface area (Å²) in [6, 6.07) is 8.74. The van der Waals surface area contributed by atoms with Crippen LogP contribution >= 0.6 is 0 Å². The lowest BCUT2D eigenvalue weighted by atomic mass is 9.67. The number of hydrogen-bond acceptors (Lipinski definition) is 4. The van der Waals surface area contributed by atoms with Crippen molar-refractivity contribution in [3.8, 4) is 5.75 Å². The number of benzene rings is 1. The van der Waals surface area contributed by atoms with Crippen molar-refractivity contribution in [3.05, 3.63) is 57.3 Å². The van der Waals surface area contributed by atoms with Crippen LogP contribution in [0, 0.1) is 0 Å². The van der Waals surface area contributed by atoms with E-state index in [1.165, 1.54) is 17.5 Å². The highest BCUT2D eigenvalue weighted by Crippen LogP contribution is 2.42. The molecule has 1 saturated carbocycles. The highest BCUT2D eigenvalue weighted by atomic mass is 16.3. The van der Waals surface area contributed by atoms with Gasteiger partial charge in [0.25, 0.3) is 5.91 Å². The largest absolute Gasteiger partial charge is 0.501 e. The van der Waals surface area contributed by atoms with Crippen LogP contribution in [0.15, 0.2) is 29.1 Å². The second-order valence-electron chi connectivity index (χ2n) is 8.98. The number of aryl methyl sites for hydroxylation is 1. The molecule has 1 N–H and O–H groups in total. The van der Waals surface area contributed by atoms with Crippen molar-refractivity contribution < 1.29 is 9.90 Å². The van der Waals surface area contributed by atoms with Gasteiger partial charge in [-0.15, -0.1) is 0 Å². The molecule has 1 aromatic carbocycles. The average Bonchev–Trinajstić information content (AvgIpc) is 2.76. The number of rotatable bonds is 4. The standard InChI is InChI=1S/C24H31N3O3/c1-4-17-9-8-10-18(13-17)24(11-6-5-7-12-24)14-19-25-22(29)21(28)20-23(30)26(3)16(2)15-27(19)20/h8-10,13,16,28H,4-7,11-12,14-15H2,1-3H3/t16-/m0/s1. The third kappa shape index (κ3) is 3.42. The Hall–Kier alpha value is -2.63. The molecule has 2 aromatic rings. The molecule has 1 aliphatic heterocycles. The number of fused-ring (bicyclic) bond motifs is 1. The van der Waals surface area contributed by atoms with Crippen molar-refractivity contribution >= 4 is 5.91 Å². The average molecular weight is 410 g/mol. The van der Waals surface area contributed by atoms with Crippen LogP contribution in [-0.2, 0) is 24.8 Å². The van der Waals surface area contributed by atoms with E-state index in [0.717, 1.165) is 32.1 Å². The van der Waals surface area contributed by atoms with E-state index >= 15 is 0 Å². The molecular formula is C24H31N3O3. The number of nitrogens with zero attached hydrogens (tertiary/aromatic N) is 3. The lowest BCUT2D eigenvalue weighted by molar-refractivity contribution is 0.0660. The SMILES string of the molecule is CCc1cccc(C2(Cc3nc(=O)c(O)c4n3C[C@H](C)N(C)C4=O)CCCCC2)c1. The van der Waals surface area contributed by atoms with Gasteiger partial charge < -0.3 is 14.6 Å². The summed E-state index contributed by atoms with van der Waals surface area (Å²) in [7, 11) is 1.71. The first-order valence-corrected chi connectivity index (χ1v) is 11.1. The molecule has 1 amide bonds. The predicted octanol–water partition coefficient (Wildman–Crippen LogP) is 3.43. The molecule has 1 fully saturated rings. The summed E-state index contributed by atoms with van der Waals surface area (Å²) < 4.78 is 1.80. The second-order valence-corrected chi connectivity index (χ2v) is 8.98. The van der Waals surface area contributed by atoms with Crippen molar-refractivity contribution in [1.82, 2.24) is 14.5 Å². The van der Waals surface area contributed by atoms with E-state index in [2.05, 4.69) is 36.2 Å². The number of aromatic nitrogens is 2. The quantitative estimate of drug-likeness (QED) is 0.839. The molecule has 0 saturated heterocycles. The van der Waals surface area contributed by atoms with E-state index in [1.54, 1.807) is 16.5 Å². The van der Waals surface area contributed by atoms with Gasteiger partial charge in [-0.2, -0.15) is 4.98 Å². The Bertz CT molecular complexity index is 1020. The van der Waals surface area contributed by atoms with Gasteiger partial charge in [0.1, 0.15) is 5.82 Å². The van der Waals surface area contributed by atoms with Crippen LogP contribution in [-0.4, -0.2) is 38.6 Å². The van der Waals surface area contributed by atoms with Gasteiger partial charge in [0, 0.05) is 31.5 Å². The molecule has 0 spiro atoms. The Morgan fingerprint density at radius 1 is 1.20 bits per heavy atom. The first-order chi connectivity index (χ1) is 14.4. The van der Waals surface area contributed by atoms with Crippen LogP contribution in [0.1, 0.15) is 73.4 Å². The van der Waals surface area contributed by atoms with Crippen molar-refractivity contribution in [3.63, 3.8) is 0 Å². The second kappa shape index (κ2) is 7.89. The maximum atomic E-state index is 12.9. The molecule has 1 aromatic heterocycles. The summed E-state index contributed by atoms with van der Waals surface area (Å²) >= 11 is 0. The van der Waals surface area contributed by atoms with Gasteiger partial charge in [-0.25, -0.2) is 0 Å². The number of amides is 1. The first kappa shape index (κ1) is 20.6. The minimum Gasteiger partial charge on any atom is -0.501 e. The van der Waals surface area contributed by atoms with E-state index in [0.29, 0.717) is 18.8 Å². The lowest BCUT2D eigenvalue weighted by Gasteiger charge is -2.40. The Kier molecular flexibility index (Phi) is 5.43. The maximum Gasteiger partial charge on any atom is 0.315 e. The molecule has 6 heteroatoms. The normalized spacial score (nSPS) is 20.8. The number of likely N-dealkylation sites (N-methyl/N-ethyl adjacent to an activating group) is 1. The van der Waals surface area contributed by atoms with E-state index < -0.39 is 11.3 Å². The van der Waals surface area contributed by atoms with E-state index in [1.807, 2.05) is 6.92 Å². The molecule has 0 bridgehead atoms.